The average molecular weight is 2000 g/mol. The zero-order valence-corrected chi connectivity index (χ0v) is 89.1. The standard InChI is InChI=1S/C27H41NO7S.C27H41NO5S.C26H39NO7S.C26H39NO5S/c1-15-8-7-9-27(6)21(35-27)11-19(16(2)10-18-14-36-22(13-29)28-18)34-23(31)12-20(30)26(4,5)25(33)17(3)24(15)32;1-16-9-8-10-17(2)25(31)19(4)26(32)27(6,7)23(29)14-24(30)33-22(12-11-16)18(3)13-21-15-34-20(5)28-21;1-14-7-6-8-18-20(33-18)10-19(15(2)9-17-13-35-22(12-28)27-17)34-23(30)11-21(29)26(4,5)25(32)16(3)24(14)31;1-16-11-9-7-8-10-12-21(17(2)13-20-15-33-19(4)27-20)32-23(29)14-22(28)26(5,6)25(31)18(3)24(16)30/h10,14-15,17,19-21,24,29-30,32H,7-9,11-13H2,1-6H3;11,13,15,17,19,22-23,25,29,31H,8-10,12,14H2,1-7H3;9,13-14,16,18-21,24,28-29,31H,6-8,10-12H2,1-5H3;8,10,13,15-16,18,21-22,24,28,30H,7,9,11-12,14H2,1-6H3/b16-10+;16-11-,18-13+;15-9+;10-8-,17-13+. The van der Waals surface area contributed by atoms with E-state index in [4.69, 9.17) is 28.4 Å². The largest absolute Gasteiger partial charge is 0.458 e. The molecule has 138 heavy (non-hydrogen) atoms. The van der Waals surface area contributed by atoms with Crippen molar-refractivity contribution in [2.75, 3.05) is 0 Å². The lowest BCUT2D eigenvalue weighted by Crippen LogP contribution is -2.45. The first-order chi connectivity index (χ1) is 64.5. The van der Waals surface area contributed by atoms with Crippen molar-refractivity contribution < 1.29 is 118 Å². The lowest BCUT2D eigenvalue weighted by molar-refractivity contribution is -0.156. The number of nitrogens with zero attached hydrogens (tertiary/aromatic N) is 4. The Hall–Kier alpha value is -6.96. The Kier molecular flexibility index (Phi) is 45.4. The molecule has 10 N–H and O–H groups in total. The van der Waals surface area contributed by atoms with Crippen LogP contribution in [0.4, 0.5) is 0 Å². The molecule has 10 heterocycles. The number of aliphatic hydroxyl groups excluding tert-OH is 10. The van der Waals surface area contributed by atoms with Gasteiger partial charge in [-0.3, -0.25) is 38.4 Å². The highest BCUT2D eigenvalue weighted by Gasteiger charge is 2.54. The minimum atomic E-state index is -1.26. The van der Waals surface area contributed by atoms with Gasteiger partial charge in [-0.15, -0.1) is 45.3 Å². The summed E-state index contributed by atoms with van der Waals surface area (Å²) in [7, 11) is 0. The van der Waals surface area contributed by atoms with Crippen molar-refractivity contribution in [1.82, 2.24) is 19.9 Å². The van der Waals surface area contributed by atoms with E-state index >= 15 is 0 Å². The SMILES string of the molecule is C/C(=C\c1csc(C)n1)C1C/C=C\CCCC(C)C(O)C(C)C(=O)C(C)(C)C(O)CC(=O)O1.C/C(=C\c1csc(CO)n1)C1CC2OC2(C)CCCC(C)C(O)C(C)C(=O)C(C)(C)C(O)CC(=O)O1.C/C(=C\c1csc(CO)n1)C1CC2OC2CCCC(C)C(O)C(C)C(=O)C(C)(C)C(O)CC(=O)O1.C/C1=C/CC(/C(C)=C/c2csc(C)n2)OC(=O)CC(O)C(C)(C)C(=O)C(C)C(O)C(C)CCC1. The van der Waals surface area contributed by atoms with Crippen LogP contribution < -0.4 is 0 Å². The fourth-order valence-electron chi connectivity index (χ4n) is 18.5. The van der Waals surface area contributed by atoms with Crippen LogP contribution in [0.5, 0.6) is 0 Å². The van der Waals surface area contributed by atoms with Crippen molar-refractivity contribution in [3.8, 4) is 0 Å². The number of thiazole rings is 4. The Morgan fingerprint density at radius 3 is 1.09 bits per heavy atom. The van der Waals surface area contributed by atoms with Gasteiger partial charge < -0.3 is 79.5 Å². The maximum absolute atomic E-state index is 13.2. The molecule has 24 atom stereocenters. The minimum absolute atomic E-state index is 0.0328. The van der Waals surface area contributed by atoms with Gasteiger partial charge in [0.2, 0.25) is 0 Å². The van der Waals surface area contributed by atoms with Gasteiger partial charge in [0, 0.05) is 70.9 Å². The third kappa shape index (κ3) is 34.1. The summed E-state index contributed by atoms with van der Waals surface area (Å²) >= 11 is 5.83. The van der Waals surface area contributed by atoms with Gasteiger partial charge in [-0.2, -0.15) is 0 Å². The number of hydrogen-bond acceptors (Lipinski definition) is 32. The molecule has 6 aliphatic rings. The molecular weight excluding hydrogens is 1840 g/mol. The van der Waals surface area contributed by atoms with Gasteiger partial charge >= 0.3 is 23.9 Å². The fraction of sp³-hybridized carbons (Fsp3) is 0.698. The van der Waals surface area contributed by atoms with Gasteiger partial charge in [0.15, 0.2) is 0 Å². The number of allylic oxidation sites excluding steroid dienone is 2. The summed E-state index contributed by atoms with van der Waals surface area (Å²) in [6.45, 7) is 42.8. The van der Waals surface area contributed by atoms with E-state index in [9.17, 15) is 89.4 Å². The number of cyclic esters (lactones) is 4. The molecule has 32 heteroatoms. The maximum atomic E-state index is 13.2. The Bertz CT molecular complexity index is 4870. The Morgan fingerprint density at radius 1 is 0.399 bits per heavy atom. The van der Waals surface area contributed by atoms with Crippen molar-refractivity contribution in [3.05, 3.63) is 110 Å². The molecule has 4 aromatic rings. The maximum Gasteiger partial charge on any atom is 0.309 e. The topological polar surface area (TPSA) is 452 Å². The molecule has 0 aliphatic carbocycles. The highest BCUT2D eigenvalue weighted by Crippen LogP contribution is 2.47. The van der Waals surface area contributed by atoms with Crippen molar-refractivity contribution in [1.29, 1.82) is 0 Å². The molecule has 24 unspecified atom stereocenters. The van der Waals surface area contributed by atoms with Crippen LogP contribution in [-0.4, -0.2) is 215 Å². The summed E-state index contributed by atoms with van der Waals surface area (Å²) in [5.74, 6) is -6.22. The molecule has 0 amide bonds. The average Bonchev–Trinajstić information content (AvgIpc) is 1.60. The van der Waals surface area contributed by atoms with E-state index in [2.05, 4.69) is 39.0 Å². The van der Waals surface area contributed by atoms with Gasteiger partial charge in [0.05, 0.1) is 166 Å². The van der Waals surface area contributed by atoms with Crippen LogP contribution in [0, 0.1) is 82.9 Å². The number of aromatic nitrogens is 4. The first kappa shape index (κ1) is 118. The summed E-state index contributed by atoms with van der Waals surface area (Å²) < 4.78 is 35.1. The number of hydrogen-bond donors (Lipinski definition) is 10. The number of aliphatic hydroxyl groups is 10. The number of fused-ring (bicyclic) bond motifs is 2. The van der Waals surface area contributed by atoms with Crippen LogP contribution in [0.1, 0.15) is 324 Å². The summed E-state index contributed by atoms with van der Waals surface area (Å²) in [5, 5.41) is 116. The predicted octanol–water partition coefficient (Wildman–Crippen LogP) is 17.1. The molecule has 0 spiro atoms. The number of Topliss-reactive ketones (excluding diaryl/α,β-unsaturated/α-hetero) is 4. The predicted molar refractivity (Wildman–Crippen MR) is 538 cm³/mol. The second kappa shape index (κ2) is 53.0. The Morgan fingerprint density at radius 2 is 0.725 bits per heavy atom. The number of rotatable bonds is 10. The van der Waals surface area contributed by atoms with Crippen LogP contribution in [0.2, 0.25) is 0 Å². The van der Waals surface area contributed by atoms with Gasteiger partial charge in [0.1, 0.15) is 57.6 Å². The normalized spacial score (nSPS) is 34.0. The van der Waals surface area contributed by atoms with E-state index in [1.165, 1.54) is 28.2 Å². The molecule has 772 valence electrons. The van der Waals surface area contributed by atoms with Gasteiger partial charge in [-0.1, -0.05) is 147 Å². The molecule has 6 aliphatic heterocycles. The third-order valence-electron chi connectivity index (χ3n) is 29.2. The van der Waals surface area contributed by atoms with E-state index in [0.29, 0.717) is 47.1 Å². The van der Waals surface area contributed by atoms with Crippen molar-refractivity contribution in [3.63, 3.8) is 0 Å². The molecule has 4 fully saturated rings. The zero-order chi connectivity index (χ0) is 103. The highest BCUT2D eigenvalue weighted by atomic mass is 32.1. The van der Waals surface area contributed by atoms with Crippen LogP contribution >= 0.6 is 45.3 Å². The van der Waals surface area contributed by atoms with E-state index in [-0.39, 0.29) is 110 Å². The van der Waals surface area contributed by atoms with Gasteiger partial charge in [0.25, 0.3) is 0 Å². The highest BCUT2D eigenvalue weighted by molar-refractivity contribution is 7.10. The van der Waals surface area contributed by atoms with E-state index in [1.807, 2.05) is 128 Å². The second-order valence-corrected chi connectivity index (χ2v) is 46.2. The van der Waals surface area contributed by atoms with E-state index in [1.54, 1.807) is 106 Å². The zero-order valence-electron chi connectivity index (χ0n) is 85.8. The van der Waals surface area contributed by atoms with Crippen LogP contribution in [0.15, 0.2) is 67.6 Å². The van der Waals surface area contributed by atoms with Gasteiger partial charge in [-0.05, 0) is 190 Å². The Balaban J connectivity index is 0.000000251. The van der Waals surface area contributed by atoms with Gasteiger partial charge in [-0.25, -0.2) is 19.9 Å². The van der Waals surface area contributed by atoms with Crippen LogP contribution in [-0.2, 0) is 80.0 Å². The first-order valence-corrected chi connectivity index (χ1v) is 52.7. The summed E-state index contributed by atoms with van der Waals surface area (Å²) in [6, 6.07) is 0. The number of ketones is 4. The molecule has 0 bridgehead atoms. The van der Waals surface area contributed by atoms with Crippen LogP contribution in [0.3, 0.4) is 0 Å². The summed E-state index contributed by atoms with van der Waals surface area (Å²) in [6.07, 6.45) is 14.1. The first-order valence-electron chi connectivity index (χ1n) is 49.2. The molecule has 10 rings (SSSR count). The van der Waals surface area contributed by atoms with Crippen molar-refractivity contribution >= 4 is 117 Å². The molecule has 28 nitrogen and oxygen atoms in total. The smallest absolute Gasteiger partial charge is 0.309 e. The van der Waals surface area contributed by atoms with Crippen LogP contribution in [0.25, 0.3) is 24.3 Å². The molecule has 0 radical (unpaired) electrons. The molecule has 4 aromatic heterocycles. The second-order valence-electron chi connectivity index (χ2n) is 42.2. The molecule has 0 aromatic carbocycles. The molecular formula is C106H160N4O24S4. The lowest BCUT2D eigenvalue weighted by atomic mass is 9.73. The number of ether oxygens (including phenoxy) is 6. The number of carbonyl (C=O) groups is 8. The number of aryl methyl sites for hydroxylation is 2. The lowest BCUT2D eigenvalue weighted by Gasteiger charge is -2.34. The monoisotopic (exact) mass is 2000 g/mol. The number of epoxide rings is 2. The quantitative estimate of drug-likeness (QED) is 0.0305. The number of esters is 4. The molecule has 4 saturated heterocycles. The molecule has 0 saturated carbocycles. The summed E-state index contributed by atoms with van der Waals surface area (Å²) in [5.41, 5.74) is 2.38. The van der Waals surface area contributed by atoms with E-state index in [0.717, 1.165) is 121 Å². The van der Waals surface area contributed by atoms with Crippen molar-refractivity contribution in [2.45, 2.75) is 405 Å². The summed E-state index contributed by atoms with van der Waals surface area (Å²) in [4.78, 5) is 122. The van der Waals surface area contributed by atoms with E-state index < -0.39 is 142 Å². The number of carbonyl (C=O) groups excluding carboxylic acids is 8. The van der Waals surface area contributed by atoms with Crippen molar-refractivity contribution in [2.24, 2.45) is 69.0 Å². The third-order valence-corrected chi connectivity index (χ3v) is 32.5. The Labute approximate surface area is 833 Å². The fourth-order valence-corrected chi connectivity index (χ4v) is 20.8. The minimum Gasteiger partial charge on any atom is -0.458 e.